The Morgan fingerprint density at radius 3 is 2.62 bits per heavy atom. The Hall–Kier alpha value is -2.31. The Kier molecular flexibility index (Phi) is 7.99. The molecule has 1 fully saturated rings. The second-order valence-electron chi connectivity index (χ2n) is 10.2. The number of hydrogen-bond acceptors (Lipinski definition) is 4. The van der Waals surface area contributed by atoms with Gasteiger partial charge in [-0.3, -0.25) is 9.59 Å². The molecule has 6 heteroatoms. The summed E-state index contributed by atoms with van der Waals surface area (Å²) in [6.45, 7) is 13.3. The Balaban J connectivity index is 1.39. The summed E-state index contributed by atoms with van der Waals surface area (Å²) in [6, 6.07) is 12.1. The number of thioether (sulfide) groups is 1. The molecule has 182 valence electrons. The molecule has 2 heterocycles. The van der Waals surface area contributed by atoms with Crippen LogP contribution in [0.15, 0.2) is 41.3 Å². The molecule has 0 aliphatic carbocycles. The van der Waals surface area contributed by atoms with Crippen LogP contribution >= 0.6 is 11.8 Å². The lowest BCUT2D eigenvalue weighted by molar-refractivity contribution is -0.116. The monoisotopic (exact) mass is 479 g/mol. The molecule has 2 aromatic carbocycles. The van der Waals surface area contributed by atoms with Crippen LogP contribution in [0.4, 0.5) is 5.69 Å². The average Bonchev–Trinajstić information content (AvgIpc) is 2.80. The maximum atomic E-state index is 12.9. The average molecular weight is 480 g/mol. The van der Waals surface area contributed by atoms with Gasteiger partial charge in [0.05, 0.1) is 18.0 Å². The van der Waals surface area contributed by atoms with Crippen LogP contribution < -0.4 is 10.2 Å². The first-order valence-electron chi connectivity index (χ1n) is 12.4. The molecule has 2 aliphatic heterocycles. The van der Waals surface area contributed by atoms with Gasteiger partial charge >= 0.3 is 0 Å². The van der Waals surface area contributed by atoms with Crippen molar-refractivity contribution in [2.24, 2.45) is 11.8 Å². The van der Waals surface area contributed by atoms with Crippen molar-refractivity contribution in [3.05, 3.63) is 58.7 Å². The van der Waals surface area contributed by atoms with Crippen LogP contribution in [0, 0.1) is 25.7 Å². The largest absolute Gasteiger partial charge is 0.352 e. The van der Waals surface area contributed by atoms with Gasteiger partial charge in [0, 0.05) is 30.1 Å². The first-order chi connectivity index (χ1) is 16.3. The number of hydrogen-bond donors (Lipinski definition) is 1. The third-order valence-electron chi connectivity index (χ3n) is 6.88. The van der Waals surface area contributed by atoms with Gasteiger partial charge in [-0.1, -0.05) is 37.6 Å². The minimum Gasteiger partial charge on any atom is -0.352 e. The normalized spacial score (nSPS) is 20.8. The summed E-state index contributed by atoms with van der Waals surface area (Å²) < 4.78 is 0. The van der Waals surface area contributed by atoms with Crippen LogP contribution in [0.5, 0.6) is 0 Å². The van der Waals surface area contributed by atoms with Crippen molar-refractivity contribution in [1.29, 1.82) is 0 Å². The molecule has 0 aromatic heterocycles. The van der Waals surface area contributed by atoms with E-state index in [0.717, 1.165) is 54.0 Å². The molecule has 2 aromatic rings. The summed E-state index contributed by atoms with van der Waals surface area (Å²) in [7, 11) is 0. The van der Waals surface area contributed by atoms with Gasteiger partial charge in [-0.25, -0.2) is 0 Å². The van der Waals surface area contributed by atoms with Gasteiger partial charge in [0.2, 0.25) is 5.91 Å². The van der Waals surface area contributed by atoms with E-state index in [1.165, 1.54) is 17.5 Å². The fourth-order valence-corrected chi connectivity index (χ4v) is 6.15. The summed E-state index contributed by atoms with van der Waals surface area (Å²) in [5.74, 6) is 1.94. The molecule has 0 unspecified atom stereocenters. The zero-order valence-electron chi connectivity index (χ0n) is 20.9. The van der Waals surface area contributed by atoms with Gasteiger partial charge in [-0.2, -0.15) is 0 Å². The molecule has 0 saturated carbocycles. The van der Waals surface area contributed by atoms with Crippen LogP contribution in [0.25, 0.3) is 0 Å². The number of carbonyl (C=O) groups excluding carboxylic acids is 2. The number of rotatable bonds is 7. The summed E-state index contributed by atoms with van der Waals surface area (Å²) in [4.78, 5) is 31.2. The van der Waals surface area contributed by atoms with E-state index in [4.69, 9.17) is 0 Å². The number of benzene rings is 2. The number of likely N-dealkylation sites (tertiary alicyclic amines) is 1. The number of amides is 2. The summed E-state index contributed by atoms with van der Waals surface area (Å²) in [5, 5.41) is 3.08. The van der Waals surface area contributed by atoms with Crippen molar-refractivity contribution in [3.8, 4) is 0 Å². The molecule has 0 spiro atoms. The van der Waals surface area contributed by atoms with Gasteiger partial charge < -0.3 is 15.1 Å². The van der Waals surface area contributed by atoms with E-state index in [-0.39, 0.29) is 11.8 Å². The molecule has 0 radical (unpaired) electrons. The highest BCUT2D eigenvalue weighted by atomic mass is 32.2. The number of nitrogens with zero attached hydrogens (tertiary/aromatic N) is 2. The van der Waals surface area contributed by atoms with Crippen LogP contribution in [0.1, 0.15) is 53.7 Å². The van der Waals surface area contributed by atoms with Crippen LogP contribution in [-0.4, -0.2) is 48.6 Å². The van der Waals surface area contributed by atoms with Crippen LogP contribution in [-0.2, 0) is 11.3 Å². The van der Waals surface area contributed by atoms with Gasteiger partial charge in [0.15, 0.2) is 0 Å². The number of nitrogens with one attached hydrogen (secondary N) is 1. The minimum atomic E-state index is -0.0714. The van der Waals surface area contributed by atoms with E-state index < -0.39 is 0 Å². The van der Waals surface area contributed by atoms with Gasteiger partial charge in [0.25, 0.3) is 5.91 Å². The van der Waals surface area contributed by atoms with Crippen molar-refractivity contribution in [3.63, 3.8) is 0 Å². The quantitative estimate of drug-likeness (QED) is 0.565. The van der Waals surface area contributed by atoms with E-state index >= 15 is 0 Å². The Morgan fingerprint density at radius 1 is 1.09 bits per heavy atom. The highest BCUT2D eigenvalue weighted by Crippen LogP contribution is 2.37. The van der Waals surface area contributed by atoms with Gasteiger partial charge in [-0.15, -0.1) is 11.8 Å². The molecule has 1 N–H and O–H groups in total. The number of piperidine rings is 1. The molecule has 1 saturated heterocycles. The summed E-state index contributed by atoms with van der Waals surface area (Å²) in [6.07, 6.45) is 2.26. The molecule has 0 bridgehead atoms. The van der Waals surface area contributed by atoms with Crippen molar-refractivity contribution in [2.45, 2.75) is 52.0 Å². The van der Waals surface area contributed by atoms with Crippen molar-refractivity contribution in [2.75, 3.05) is 36.8 Å². The fraction of sp³-hybridized carbons (Fsp3) is 0.500. The van der Waals surface area contributed by atoms with Crippen molar-refractivity contribution >= 4 is 29.3 Å². The topological polar surface area (TPSA) is 52.7 Å². The van der Waals surface area contributed by atoms with E-state index in [9.17, 15) is 9.59 Å². The number of aryl methyl sites for hydroxylation is 2. The SMILES string of the molecule is Cc1ccc(C)c(CN2C(=O)CSc3ccc(C(=O)NCCCN4C[C@@H](C)C[C@H](C)C4)cc32)c1. The molecule has 4 rings (SSSR count). The van der Waals surface area contributed by atoms with Crippen molar-refractivity contribution in [1.82, 2.24) is 10.2 Å². The maximum absolute atomic E-state index is 12.9. The zero-order valence-corrected chi connectivity index (χ0v) is 21.7. The first kappa shape index (κ1) is 24.8. The predicted molar refractivity (Wildman–Crippen MR) is 141 cm³/mol. The van der Waals surface area contributed by atoms with E-state index in [2.05, 4.69) is 56.1 Å². The molecule has 2 amide bonds. The third-order valence-corrected chi connectivity index (χ3v) is 7.93. The molecular weight excluding hydrogens is 442 g/mol. The molecule has 5 nitrogen and oxygen atoms in total. The van der Waals surface area contributed by atoms with E-state index in [1.807, 2.05) is 23.1 Å². The fourth-order valence-electron chi connectivity index (χ4n) is 5.24. The lowest BCUT2D eigenvalue weighted by Crippen LogP contribution is -2.40. The number of carbonyl (C=O) groups is 2. The summed E-state index contributed by atoms with van der Waals surface area (Å²) in [5.41, 5.74) is 4.94. The maximum Gasteiger partial charge on any atom is 0.251 e. The zero-order chi connectivity index (χ0) is 24.2. The van der Waals surface area contributed by atoms with Gasteiger partial charge in [0.1, 0.15) is 0 Å². The van der Waals surface area contributed by atoms with E-state index in [1.54, 1.807) is 11.8 Å². The van der Waals surface area contributed by atoms with Crippen molar-refractivity contribution < 1.29 is 9.59 Å². The highest BCUT2D eigenvalue weighted by Gasteiger charge is 2.26. The number of anilines is 1. The Bertz CT molecular complexity index is 1040. The molecular formula is C28H37N3O2S. The first-order valence-corrected chi connectivity index (χ1v) is 13.4. The molecule has 2 aliphatic rings. The Morgan fingerprint density at radius 2 is 1.85 bits per heavy atom. The van der Waals surface area contributed by atoms with Crippen LogP contribution in [0.3, 0.4) is 0 Å². The second-order valence-corrected chi connectivity index (χ2v) is 11.2. The second kappa shape index (κ2) is 11.0. The smallest absolute Gasteiger partial charge is 0.251 e. The van der Waals surface area contributed by atoms with Crippen LogP contribution in [0.2, 0.25) is 0 Å². The Labute approximate surface area is 208 Å². The summed E-state index contributed by atoms with van der Waals surface area (Å²) >= 11 is 1.55. The molecule has 2 atom stereocenters. The predicted octanol–water partition coefficient (Wildman–Crippen LogP) is 5.04. The third kappa shape index (κ3) is 6.02. The van der Waals surface area contributed by atoms with E-state index in [0.29, 0.717) is 24.4 Å². The minimum absolute atomic E-state index is 0.0714. The lowest BCUT2D eigenvalue weighted by Gasteiger charge is -2.34. The standard InChI is InChI=1S/C28H37N3O2S/c1-19-6-7-22(4)24(13-19)17-31-25-14-23(8-9-26(25)34-18-27(31)32)28(33)29-10-5-11-30-15-20(2)12-21(3)16-30/h6-9,13-14,20-21H,5,10-12,15-18H2,1-4H3,(H,29,33)/t20-,21-/m0/s1. The molecule has 34 heavy (non-hydrogen) atoms. The van der Waals surface area contributed by atoms with Gasteiger partial charge in [-0.05, 0) is 74.4 Å². The lowest BCUT2D eigenvalue weighted by atomic mass is 9.92. The highest BCUT2D eigenvalue weighted by molar-refractivity contribution is 8.00. The number of fused-ring (bicyclic) bond motifs is 1.